The third kappa shape index (κ3) is 2.76. The molecule has 1 amide bonds. The van der Waals surface area contributed by atoms with Crippen LogP contribution in [-0.2, 0) is 9.53 Å². The third-order valence-electron chi connectivity index (χ3n) is 3.50. The van der Waals surface area contributed by atoms with E-state index in [1.165, 1.54) is 0 Å². The minimum Gasteiger partial charge on any atom is -0.379 e. The first-order valence-corrected chi connectivity index (χ1v) is 6.20. The lowest BCUT2D eigenvalue weighted by Gasteiger charge is -2.26. The highest BCUT2D eigenvalue weighted by atomic mass is 16.5. The molecule has 2 rings (SSSR count). The van der Waals surface area contributed by atoms with Crippen molar-refractivity contribution in [3.05, 3.63) is 0 Å². The Hall–Kier alpha value is -1.12. The molecular weight excluding hydrogens is 218 g/mol. The molecular formula is C12H19N3O2. The molecule has 94 valence electrons. The second-order valence-electron chi connectivity index (χ2n) is 4.71. The predicted octanol–water partition coefficient (Wildman–Crippen LogP) is 0.125. The quantitative estimate of drug-likeness (QED) is 0.738. The first-order chi connectivity index (χ1) is 8.27. The van der Waals surface area contributed by atoms with Gasteiger partial charge in [-0.1, -0.05) is 0 Å². The van der Waals surface area contributed by atoms with E-state index >= 15 is 0 Å². The van der Waals surface area contributed by atoms with Crippen molar-refractivity contribution in [2.75, 3.05) is 26.8 Å². The molecule has 2 aliphatic rings. The van der Waals surface area contributed by atoms with Crippen LogP contribution >= 0.6 is 0 Å². The fourth-order valence-electron chi connectivity index (χ4n) is 2.32. The molecule has 0 aromatic carbocycles. The van der Waals surface area contributed by atoms with Crippen molar-refractivity contribution in [2.24, 2.45) is 5.92 Å². The summed E-state index contributed by atoms with van der Waals surface area (Å²) in [6, 6.07) is 2.60. The second-order valence-corrected chi connectivity index (χ2v) is 4.71. The minimum absolute atomic E-state index is 0.0840. The number of hydrogen-bond acceptors (Lipinski definition) is 4. The van der Waals surface area contributed by atoms with E-state index in [1.807, 2.05) is 11.9 Å². The number of carbonyl (C=O) groups excluding carboxylic acids is 1. The summed E-state index contributed by atoms with van der Waals surface area (Å²) in [6.45, 7) is 1.66. The molecule has 0 radical (unpaired) electrons. The normalized spacial score (nSPS) is 27.8. The Kier molecular flexibility index (Phi) is 3.97. The maximum Gasteiger partial charge on any atom is 0.229 e. The zero-order valence-electron chi connectivity index (χ0n) is 10.2. The molecule has 1 aliphatic heterocycles. The Balaban J connectivity index is 1.97. The van der Waals surface area contributed by atoms with Crippen LogP contribution in [0.5, 0.6) is 0 Å². The van der Waals surface area contributed by atoms with Crippen molar-refractivity contribution in [3.63, 3.8) is 0 Å². The molecule has 5 heteroatoms. The van der Waals surface area contributed by atoms with Gasteiger partial charge in [-0.25, -0.2) is 0 Å². The summed E-state index contributed by atoms with van der Waals surface area (Å²) in [7, 11) is 1.86. The van der Waals surface area contributed by atoms with Gasteiger partial charge in [0.15, 0.2) is 0 Å². The molecule has 0 aromatic heterocycles. The highest BCUT2D eigenvalue weighted by Crippen LogP contribution is 2.29. The molecule has 0 aromatic rings. The van der Waals surface area contributed by atoms with Gasteiger partial charge in [0.2, 0.25) is 5.91 Å². The molecule has 1 saturated heterocycles. The smallest absolute Gasteiger partial charge is 0.229 e. The van der Waals surface area contributed by atoms with E-state index in [0.717, 1.165) is 12.8 Å². The van der Waals surface area contributed by atoms with Crippen molar-refractivity contribution < 1.29 is 9.53 Å². The number of likely N-dealkylation sites (N-methyl/N-ethyl adjacent to an activating group) is 1. The average Bonchev–Trinajstić information content (AvgIpc) is 3.06. The first kappa shape index (κ1) is 12.3. The van der Waals surface area contributed by atoms with E-state index in [1.54, 1.807) is 0 Å². The van der Waals surface area contributed by atoms with Gasteiger partial charge in [0.25, 0.3) is 0 Å². The number of amides is 1. The van der Waals surface area contributed by atoms with Gasteiger partial charge >= 0.3 is 0 Å². The molecule has 0 spiro atoms. The largest absolute Gasteiger partial charge is 0.379 e. The molecule has 2 fully saturated rings. The number of rotatable bonds is 5. The van der Waals surface area contributed by atoms with E-state index in [4.69, 9.17) is 10.00 Å². The van der Waals surface area contributed by atoms with E-state index in [-0.39, 0.29) is 17.9 Å². The van der Waals surface area contributed by atoms with E-state index in [0.29, 0.717) is 32.2 Å². The van der Waals surface area contributed by atoms with Crippen molar-refractivity contribution in [3.8, 4) is 6.07 Å². The number of nitriles is 1. The van der Waals surface area contributed by atoms with Gasteiger partial charge in [-0.05, 0) is 19.9 Å². The molecule has 1 N–H and O–H groups in total. The Morgan fingerprint density at radius 1 is 1.53 bits per heavy atom. The Bertz CT molecular complexity index is 322. The SMILES string of the molecule is CNC1COCC1C(=O)N(CCC#N)C1CC1. The Labute approximate surface area is 102 Å². The lowest BCUT2D eigenvalue weighted by Crippen LogP contribution is -2.46. The summed E-state index contributed by atoms with van der Waals surface area (Å²) >= 11 is 0. The van der Waals surface area contributed by atoms with Crippen molar-refractivity contribution in [1.29, 1.82) is 5.26 Å². The molecule has 1 heterocycles. The lowest BCUT2D eigenvalue weighted by molar-refractivity contribution is -0.136. The highest BCUT2D eigenvalue weighted by molar-refractivity contribution is 5.80. The zero-order chi connectivity index (χ0) is 12.3. The molecule has 2 unspecified atom stereocenters. The molecule has 17 heavy (non-hydrogen) atoms. The molecule has 0 bridgehead atoms. The van der Waals surface area contributed by atoms with Crippen LogP contribution in [0.2, 0.25) is 0 Å². The molecule has 1 saturated carbocycles. The van der Waals surface area contributed by atoms with Gasteiger partial charge in [-0.15, -0.1) is 0 Å². The first-order valence-electron chi connectivity index (χ1n) is 6.20. The fourth-order valence-corrected chi connectivity index (χ4v) is 2.32. The van der Waals surface area contributed by atoms with Gasteiger partial charge in [-0.3, -0.25) is 4.79 Å². The van der Waals surface area contributed by atoms with Crippen LogP contribution in [0, 0.1) is 17.2 Å². The summed E-state index contributed by atoms with van der Waals surface area (Å²) in [5.74, 6) is 0.0684. The average molecular weight is 237 g/mol. The number of carbonyl (C=O) groups is 1. The number of hydrogen-bond donors (Lipinski definition) is 1. The van der Waals surface area contributed by atoms with Gasteiger partial charge in [0, 0.05) is 18.6 Å². The summed E-state index contributed by atoms with van der Waals surface area (Å²) in [6.07, 6.45) is 2.57. The predicted molar refractivity (Wildman–Crippen MR) is 62.1 cm³/mol. The standard InChI is InChI=1S/C12H19N3O2/c1-14-11-8-17-7-10(11)12(16)15(6-2-5-13)9-3-4-9/h9-11,14H,2-4,6-8H2,1H3. The summed E-state index contributed by atoms with van der Waals surface area (Å²) in [5, 5.41) is 11.8. The summed E-state index contributed by atoms with van der Waals surface area (Å²) < 4.78 is 5.36. The van der Waals surface area contributed by atoms with Gasteiger partial charge in [-0.2, -0.15) is 5.26 Å². The number of ether oxygens (including phenoxy) is 1. The summed E-state index contributed by atoms with van der Waals surface area (Å²) in [4.78, 5) is 14.3. The van der Waals surface area contributed by atoms with Crippen LogP contribution in [-0.4, -0.2) is 49.7 Å². The van der Waals surface area contributed by atoms with Crippen LogP contribution in [0.4, 0.5) is 0 Å². The monoisotopic (exact) mass is 237 g/mol. The molecule has 1 aliphatic carbocycles. The molecule has 2 atom stereocenters. The maximum atomic E-state index is 12.4. The van der Waals surface area contributed by atoms with Crippen LogP contribution in [0.25, 0.3) is 0 Å². The third-order valence-corrected chi connectivity index (χ3v) is 3.50. The van der Waals surface area contributed by atoms with Crippen molar-refractivity contribution in [1.82, 2.24) is 10.2 Å². The van der Waals surface area contributed by atoms with E-state index in [9.17, 15) is 4.79 Å². The van der Waals surface area contributed by atoms with E-state index in [2.05, 4.69) is 11.4 Å². The van der Waals surface area contributed by atoms with Crippen molar-refractivity contribution in [2.45, 2.75) is 31.3 Å². The topological polar surface area (TPSA) is 65.4 Å². The van der Waals surface area contributed by atoms with Crippen LogP contribution in [0.3, 0.4) is 0 Å². The maximum absolute atomic E-state index is 12.4. The van der Waals surface area contributed by atoms with Crippen LogP contribution in [0.1, 0.15) is 19.3 Å². The van der Waals surface area contributed by atoms with Crippen LogP contribution < -0.4 is 5.32 Å². The molecule has 5 nitrogen and oxygen atoms in total. The van der Waals surface area contributed by atoms with Gasteiger partial charge in [0.05, 0.1) is 31.6 Å². The number of nitrogens with zero attached hydrogens (tertiary/aromatic N) is 2. The minimum atomic E-state index is -0.0840. The van der Waals surface area contributed by atoms with Gasteiger partial charge < -0.3 is 15.0 Å². The second kappa shape index (κ2) is 5.48. The summed E-state index contributed by atoms with van der Waals surface area (Å²) in [5.41, 5.74) is 0. The van der Waals surface area contributed by atoms with Crippen LogP contribution in [0.15, 0.2) is 0 Å². The van der Waals surface area contributed by atoms with Gasteiger partial charge in [0.1, 0.15) is 0 Å². The number of nitrogens with one attached hydrogen (secondary N) is 1. The zero-order valence-corrected chi connectivity index (χ0v) is 10.2. The Morgan fingerprint density at radius 2 is 2.29 bits per heavy atom. The fraction of sp³-hybridized carbons (Fsp3) is 0.833. The van der Waals surface area contributed by atoms with Crippen molar-refractivity contribution >= 4 is 5.91 Å². The lowest BCUT2D eigenvalue weighted by atomic mass is 10.0. The highest BCUT2D eigenvalue weighted by Gasteiger charge is 2.40. The Morgan fingerprint density at radius 3 is 2.88 bits per heavy atom. The van der Waals surface area contributed by atoms with E-state index < -0.39 is 0 Å².